The molecule has 2 N–H and O–H groups in total. The summed E-state index contributed by atoms with van der Waals surface area (Å²) in [6.45, 7) is 8.08. The third-order valence-electron chi connectivity index (χ3n) is 7.95. The van der Waals surface area contributed by atoms with Gasteiger partial charge in [0.1, 0.15) is 11.6 Å². The number of hydrogen-bond acceptors (Lipinski definition) is 9. The fraction of sp³-hybridized carbons (Fsp3) is 0.692. The van der Waals surface area contributed by atoms with Gasteiger partial charge in [-0.3, -0.25) is 4.79 Å². The lowest BCUT2D eigenvalue weighted by atomic mass is 9.92. The van der Waals surface area contributed by atoms with E-state index in [0.717, 1.165) is 31.8 Å². The third-order valence-corrected chi connectivity index (χ3v) is 7.95. The van der Waals surface area contributed by atoms with Crippen LogP contribution in [0.4, 0.5) is 20.6 Å². The zero-order valence-electron chi connectivity index (χ0n) is 22.2. The largest absolute Gasteiger partial charge is 0.489 e. The summed E-state index contributed by atoms with van der Waals surface area (Å²) in [6, 6.07) is 3.44. The molecule has 3 aliphatic rings. The number of piperidine rings is 2. The molecule has 38 heavy (non-hydrogen) atoms. The lowest BCUT2D eigenvalue weighted by molar-refractivity contribution is -0.150. The molecule has 3 aliphatic heterocycles. The van der Waals surface area contributed by atoms with Crippen molar-refractivity contribution >= 4 is 17.7 Å². The number of alkyl halides is 2. The van der Waals surface area contributed by atoms with Crippen molar-refractivity contribution in [1.29, 1.82) is 0 Å². The summed E-state index contributed by atoms with van der Waals surface area (Å²) in [5.74, 6) is -0.420. The number of anilines is 2. The topological polar surface area (TPSA) is 114 Å². The van der Waals surface area contributed by atoms with E-state index in [2.05, 4.69) is 26.9 Å². The minimum atomic E-state index is -2.87. The molecule has 3 unspecified atom stereocenters. The van der Waals surface area contributed by atoms with Gasteiger partial charge < -0.3 is 29.7 Å². The Labute approximate surface area is 221 Å². The number of rotatable bonds is 7. The molecule has 0 bridgehead atoms. The highest BCUT2D eigenvalue weighted by molar-refractivity contribution is 5.78. The Hall–Kier alpha value is -3.02. The number of aromatic nitrogens is 3. The van der Waals surface area contributed by atoms with Crippen molar-refractivity contribution in [3.63, 3.8) is 0 Å². The summed E-state index contributed by atoms with van der Waals surface area (Å²) < 4.78 is 39.5. The predicted molar refractivity (Wildman–Crippen MR) is 138 cm³/mol. The van der Waals surface area contributed by atoms with Gasteiger partial charge in [-0.05, 0) is 37.8 Å². The zero-order chi connectivity index (χ0) is 27.0. The van der Waals surface area contributed by atoms with Gasteiger partial charge in [0.25, 0.3) is 5.92 Å². The van der Waals surface area contributed by atoms with E-state index in [1.807, 2.05) is 30.9 Å². The van der Waals surface area contributed by atoms with Gasteiger partial charge in [0, 0.05) is 51.0 Å². The Morgan fingerprint density at radius 3 is 2.58 bits per heavy atom. The first-order valence-electron chi connectivity index (χ1n) is 13.5. The fourth-order valence-electron chi connectivity index (χ4n) is 5.57. The molecule has 208 valence electrons. The number of ether oxygens (including phenoxy) is 1. The van der Waals surface area contributed by atoms with Crippen LogP contribution in [-0.4, -0.2) is 82.8 Å². The molecule has 0 aromatic carbocycles. The molecule has 5 heterocycles. The highest BCUT2D eigenvalue weighted by atomic mass is 19.3. The highest BCUT2D eigenvalue weighted by Gasteiger charge is 2.45. The second kappa shape index (κ2) is 10.6. The quantitative estimate of drug-likeness (QED) is 0.574. The SMILES string of the molecule is CC(C)c1noc(N2CCC(C(C)Oc3ccc(N4CC(N)C(N5CC(F)(F)CCC5=O)C4)nc3)CC2)n1. The Balaban J connectivity index is 1.13. The summed E-state index contributed by atoms with van der Waals surface area (Å²) in [6.07, 6.45) is 3.06. The van der Waals surface area contributed by atoms with Crippen molar-refractivity contribution in [2.45, 2.75) is 76.5 Å². The Kier molecular flexibility index (Phi) is 7.43. The van der Waals surface area contributed by atoms with E-state index in [9.17, 15) is 13.6 Å². The summed E-state index contributed by atoms with van der Waals surface area (Å²) in [5.41, 5.74) is 6.28. The minimum absolute atomic E-state index is 0.00933. The van der Waals surface area contributed by atoms with Crippen molar-refractivity contribution in [3.8, 4) is 5.75 Å². The molecule has 3 fully saturated rings. The number of amides is 1. The minimum Gasteiger partial charge on any atom is -0.489 e. The van der Waals surface area contributed by atoms with Crippen LogP contribution in [0, 0.1) is 5.92 Å². The summed E-state index contributed by atoms with van der Waals surface area (Å²) in [5, 5.41) is 4.06. The number of halogens is 2. The maximum Gasteiger partial charge on any atom is 0.324 e. The van der Waals surface area contributed by atoms with Crippen LogP contribution in [0.5, 0.6) is 5.75 Å². The van der Waals surface area contributed by atoms with Crippen LogP contribution in [0.25, 0.3) is 0 Å². The first-order valence-corrected chi connectivity index (χ1v) is 13.5. The van der Waals surface area contributed by atoms with Crippen LogP contribution in [0.1, 0.15) is 58.2 Å². The molecule has 2 aromatic rings. The number of carbonyl (C=O) groups is 1. The van der Waals surface area contributed by atoms with Gasteiger partial charge in [0.05, 0.1) is 24.9 Å². The van der Waals surface area contributed by atoms with Crippen LogP contribution >= 0.6 is 0 Å². The highest BCUT2D eigenvalue weighted by Crippen LogP contribution is 2.32. The van der Waals surface area contributed by atoms with E-state index in [1.54, 1.807) is 6.20 Å². The molecular weight excluding hydrogens is 496 g/mol. The zero-order valence-corrected chi connectivity index (χ0v) is 22.2. The van der Waals surface area contributed by atoms with Gasteiger partial charge in [0.15, 0.2) is 5.82 Å². The molecule has 2 aromatic heterocycles. The van der Waals surface area contributed by atoms with E-state index >= 15 is 0 Å². The Morgan fingerprint density at radius 2 is 1.92 bits per heavy atom. The van der Waals surface area contributed by atoms with Gasteiger partial charge in [-0.1, -0.05) is 19.0 Å². The number of nitrogens with zero attached hydrogens (tertiary/aromatic N) is 6. The van der Waals surface area contributed by atoms with Gasteiger partial charge in [0.2, 0.25) is 5.91 Å². The first-order chi connectivity index (χ1) is 18.1. The van der Waals surface area contributed by atoms with Gasteiger partial charge >= 0.3 is 6.01 Å². The van der Waals surface area contributed by atoms with Crippen molar-refractivity contribution in [2.75, 3.05) is 42.5 Å². The van der Waals surface area contributed by atoms with Crippen LogP contribution in [0.2, 0.25) is 0 Å². The molecule has 3 saturated heterocycles. The number of likely N-dealkylation sites (tertiary alicyclic amines) is 1. The molecule has 12 heteroatoms. The Bertz CT molecular complexity index is 1100. The molecule has 3 atom stereocenters. The smallest absolute Gasteiger partial charge is 0.324 e. The first kappa shape index (κ1) is 26.6. The predicted octanol–water partition coefficient (Wildman–Crippen LogP) is 3.05. The normalized spacial score (nSPS) is 25.3. The van der Waals surface area contributed by atoms with E-state index in [1.165, 1.54) is 4.90 Å². The van der Waals surface area contributed by atoms with Crippen LogP contribution in [0.15, 0.2) is 22.9 Å². The fourth-order valence-corrected chi connectivity index (χ4v) is 5.57. The molecule has 5 rings (SSSR count). The van der Waals surface area contributed by atoms with E-state index in [-0.39, 0.29) is 24.3 Å². The number of hydrogen-bond donors (Lipinski definition) is 1. The average molecular weight is 534 g/mol. The van der Waals surface area contributed by atoms with Crippen LogP contribution in [0.3, 0.4) is 0 Å². The van der Waals surface area contributed by atoms with Crippen molar-refractivity contribution in [3.05, 3.63) is 24.2 Å². The lowest BCUT2D eigenvalue weighted by Crippen LogP contribution is -2.56. The maximum atomic E-state index is 13.9. The summed E-state index contributed by atoms with van der Waals surface area (Å²) in [4.78, 5) is 26.7. The average Bonchev–Trinajstić information content (AvgIpc) is 3.54. The van der Waals surface area contributed by atoms with Crippen molar-refractivity contribution in [2.24, 2.45) is 11.7 Å². The summed E-state index contributed by atoms with van der Waals surface area (Å²) in [7, 11) is 0. The number of pyridine rings is 1. The molecule has 0 aliphatic carbocycles. The third kappa shape index (κ3) is 5.69. The molecule has 0 radical (unpaired) electrons. The molecule has 10 nitrogen and oxygen atoms in total. The van der Waals surface area contributed by atoms with Crippen LogP contribution < -0.4 is 20.3 Å². The monoisotopic (exact) mass is 533 g/mol. The second-order valence-corrected chi connectivity index (χ2v) is 11.1. The summed E-state index contributed by atoms with van der Waals surface area (Å²) >= 11 is 0. The number of carbonyl (C=O) groups excluding carboxylic acids is 1. The van der Waals surface area contributed by atoms with Crippen LogP contribution in [-0.2, 0) is 4.79 Å². The van der Waals surface area contributed by atoms with Crippen molar-refractivity contribution in [1.82, 2.24) is 20.0 Å². The van der Waals surface area contributed by atoms with Gasteiger partial charge in [-0.25, -0.2) is 13.8 Å². The van der Waals surface area contributed by atoms with Gasteiger partial charge in [-0.15, -0.1) is 0 Å². The molecule has 0 spiro atoms. The van der Waals surface area contributed by atoms with Gasteiger partial charge in [-0.2, -0.15) is 4.98 Å². The van der Waals surface area contributed by atoms with E-state index in [4.69, 9.17) is 15.0 Å². The molecule has 1 amide bonds. The maximum absolute atomic E-state index is 13.9. The molecular formula is C26H37F2N7O3. The van der Waals surface area contributed by atoms with E-state index in [0.29, 0.717) is 36.6 Å². The number of nitrogens with two attached hydrogens (primary N) is 1. The second-order valence-electron chi connectivity index (χ2n) is 11.1. The van der Waals surface area contributed by atoms with Crippen molar-refractivity contribution < 1.29 is 22.8 Å². The van der Waals surface area contributed by atoms with E-state index < -0.39 is 31.0 Å². The molecule has 0 saturated carbocycles. The Morgan fingerprint density at radius 1 is 1.16 bits per heavy atom. The standard InChI is InChI=1S/C26H37F2N7O3/c1-16(2)24-31-25(38-32-24)33-10-7-18(8-11-33)17(3)37-19-4-5-22(30-12-19)34-13-20(29)21(14-34)35-15-26(27,28)9-6-23(35)36/h4-5,12,16-18,20-21H,6-11,13-15,29H2,1-3H3. The lowest BCUT2D eigenvalue weighted by Gasteiger charge is -2.37.